The molecule has 7 nitrogen and oxygen atoms in total. The molecule has 2 aromatic rings. The van der Waals surface area contributed by atoms with E-state index >= 15 is 0 Å². The molecule has 0 spiro atoms. The molecule has 0 radical (unpaired) electrons. The lowest BCUT2D eigenvalue weighted by Gasteiger charge is -2.12. The minimum atomic E-state index is -3.50. The molecule has 0 aliphatic heterocycles. The summed E-state index contributed by atoms with van der Waals surface area (Å²) in [6.07, 6.45) is 0. The van der Waals surface area contributed by atoms with Gasteiger partial charge in [0.1, 0.15) is 0 Å². The summed E-state index contributed by atoms with van der Waals surface area (Å²) in [7, 11) is -0.595. The molecule has 0 atom stereocenters. The number of amides is 2. The van der Waals surface area contributed by atoms with Crippen LogP contribution in [0.5, 0.6) is 0 Å². The minimum Gasteiger partial charge on any atom is -0.326 e. The first-order valence-corrected chi connectivity index (χ1v) is 8.86. The number of nitrogens with zero attached hydrogens (tertiary/aromatic N) is 1. The standard InChI is InChI=1S/C17H19N3O4S/c1-12(21)18-14-6-4-13(5-7-14)17(22)19-15-8-10-16(11-9-15)25(23,24)20(2)3/h4-11H,1-3H3,(H,18,21)(H,19,22). The van der Waals surface area contributed by atoms with Crippen LogP contribution in [0.2, 0.25) is 0 Å². The zero-order chi connectivity index (χ0) is 18.6. The number of hydrogen-bond donors (Lipinski definition) is 2. The molecule has 0 unspecified atom stereocenters. The summed E-state index contributed by atoms with van der Waals surface area (Å²) < 4.78 is 25.1. The minimum absolute atomic E-state index is 0.148. The van der Waals surface area contributed by atoms with Crippen LogP contribution in [0.3, 0.4) is 0 Å². The molecule has 8 heteroatoms. The summed E-state index contributed by atoms with van der Waals surface area (Å²) in [5.41, 5.74) is 1.50. The van der Waals surface area contributed by atoms with Crippen molar-refractivity contribution >= 4 is 33.2 Å². The van der Waals surface area contributed by atoms with Gasteiger partial charge in [0.05, 0.1) is 4.90 Å². The normalized spacial score (nSPS) is 11.2. The van der Waals surface area contributed by atoms with Crippen LogP contribution in [0, 0.1) is 0 Å². The van der Waals surface area contributed by atoms with E-state index in [0.717, 1.165) is 4.31 Å². The highest BCUT2D eigenvalue weighted by molar-refractivity contribution is 7.89. The Morgan fingerprint density at radius 3 is 1.80 bits per heavy atom. The van der Waals surface area contributed by atoms with E-state index in [4.69, 9.17) is 0 Å². The molecule has 25 heavy (non-hydrogen) atoms. The highest BCUT2D eigenvalue weighted by Gasteiger charge is 2.16. The lowest BCUT2D eigenvalue weighted by atomic mass is 10.2. The molecule has 0 saturated heterocycles. The summed E-state index contributed by atoms with van der Waals surface area (Å²) in [4.78, 5) is 23.3. The Hall–Kier alpha value is -2.71. The van der Waals surface area contributed by atoms with E-state index < -0.39 is 10.0 Å². The van der Waals surface area contributed by atoms with E-state index in [1.165, 1.54) is 45.3 Å². The number of sulfonamides is 1. The fraction of sp³-hybridized carbons (Fsp3) is 0.176. The van der Waals surface area contributed by atoms with E-state index in [9.17, 15) is 18.0 Å². The van der Waals surface area contributed by atoms with Crippen molar-refractivity contribution < 1.29 is 18.0 Å². The summed E-state index contributed by atoms with van der Waals surface area (Å²) in [5.74, 6) is -0.525. The van der Waals surface area contributed by atoms with Crippen LogP contribution in [0.15, 0.2) is 53.4 Å². The van der Waals surface area contributed by atoms with Gasteiger partial charge in [0.25, 0.3) is 5.91 Å². The number of nitrogens with one attached hydrogen (secondary N) is 2. The lowest BCUT2D eigenvalue weighted by molar-refractivity contribution is -0.114. The summed E-state index contributed by atoms with van der Waals surface area (Å²) >= 11 is 0. The van der Waals surface area contributed by atoms with Gasteiger partial charge < -0.3 is 10.6 Å². The molecule has 0 saturated carbocycles. The van der Waals surface area contributed by atoms with Crippen molar-refractivity contribution in [2.45, 2.75) is 11.8 Å². The third-order valence-electron chi connectivity index (χ3n) is 3.36. The van der Waals surface area contributed by atoms with Gasteiger partial charge in [-0.2, -0.15) is 0 Å². The largest absolute Gasteiger partial charge is 0.326 e. The van der Waals surface area contributed by atoms with Crippen molar-refractivity contribution in [3.63, 3.8) is 0 Å². The third kappa shape index (κ3) is 4.65. The second-order valence-corrected chi connectivity index (χ2v) is 7.68. The van der Waals surface area contributed by atoms with E-state index in [2.05, 4.69) is 10.6 Å². The molecule has 0 bridgehead atoms. The third-order valence-corrected chi connectivity index (χ3v) is 5.19. The van der Waals surface area contributed by atoms with Crippen LogP contribution in [0.25, 0.3) is 0 Å². The maximum absolute atomic E-state index is 12.2. The summed E-state index contributed by atoms with van der Waals surface area (Å²) in [6, 6.07) is 12.4. The average molecular weight is 361 g/mol. The van der Waals surface area contributed by atoms with Gasteiger partial charge in [-0.1, -0.05) is 0 Å². The van der Waals surface area contributed by atoms with Gasteiger partial charge in [0.15, 0.2) is 0 Å². The van der Waals surface area contributed by atoms with Crippen LogP contribution in [0.4, 0.5) is 11.4 Å². The molecule has 2 N–H and O–H groups in total. The van der Waals surface area contributed by atoms with E-state index in [1.807, 2.05) is 0 Å². The first-order chi connectivity index (χ1) is 11.7. The molecule has 0 fully saturated rings. The van der Waals surface area contributed by atoms with Crippen molar-refractivity contribution in [1.29, 1.82) is 0 Å². The van der Waals surface area contributed by atoms with Crippen LogP contribution in [0.1, 0.15) is 17.3 Å². The molecular weight excluding hydrogens is 342 g/mol. The quantitative estimate of drug-likeness (QED) is 0.853. The molecule has 132 valence electrons. The predicted molar refractivity (Wildman–Crippen MR) is 96.0 cm³/mol. The Morgan fingerprint density at radius 1 is 0.840 bits per heavy atom. The van der Waals surface area contributed by atoms with Crippen molar-refractivity contribution in [2.75, 3.05) is 24.7 Å². The monoisotopic (exact) mass is 361 g/mol. The second kappa shape index (κ2) is 7.45. The first-order valence-electron chi connectivity index (χ1n) is 7.42. The summed E-state index contributed by atoms with van der Waals surface area (Å²) in [6.45, 7) is 1.40. The van der Waals surface area contributed by atoms with Gasteiger partial charge in [-0.3, -0.25) is 9.59 Å². The van der Waals surface area contributed by atoms with E-state index in [0.29, 0.717) is 16.9 Å². The van der Waals surface area contributed by atoms with Gasteiger partial charge in [0, 0.05) is 38.0 Å². The van der Waals surface area contributed by atoms with Crippen molar-refractivity contribution in [3.05, 3.63) is 54.1 Å². The Bertz CT molecular complexity index is 873. The van der Waals surface area contributed by atoms with Gasteiger partial charge >= 0.3 is 0 Å². The van der Waals surface area contributed by atoms with Gasteiger partial charge in [0.2, 0.25) is 15.9 Å². The van der Waals surface area contributed by atoms with Gasteiger partial charge in [-0.15, -0.1) is 0 Å². The Kier molecular flexibility index (Phi) is 5.55. The molecule has 0 aliphatic rings. The zero-order valence-electron chi connectivity index (χ0n) is 14.1. The van der Waals surface area contributed by atoms with Crippen molar-refractivity contribution in [3.8, 4) is 0 Å². The number of hydrogen-bond acceptors (Lipinski definition) is 4. The number of carbonyl (C=O) groups excluding carboxylic acids is 2. The van der Waals surface area contributed by atoms with Gasteiger partial charge in [-0.05, 0) is 48.5 Å². The highest BCUT2D eigenvalue weighted by atomic mass is 32.2. The maximum Gasteiger partial charge on any atom is 0.255 e. The average Bonchev–Trinajstić information content (AvgIpc) is 2.55. The second-order valence-electron chi connectivity index (χ2n) is 5.52. The number of carbonyl (C=O) groups is 2. The van der Waals surface area contributed by atoms with E-state index in [1.54, 1.807) is 24.3 Å². The number of rotatable bonds is 5. The van der Waals surface area contributed by atoms with Crippen LogP contribution in [-0.4, -0.2) is 38.6 Å². The predicted octanol–water partition coefficient (Wildman–Crippen LogP) is 2.15. The molecule has 0 heterocycles. The molecule has 2 amide bonds. The Morgan fingerprint density at radius 2 is 1.32 bits per heavy atom. The van der Waals surface area contributed by atoms with Crippen molar-refractivity contribution in [2.24, 2.45) is 0 Å². The molecular formula is C17H19N3O4S. The number of anilines is 2. The Labute approximate surface area is 146 Å². The smallest absolute Gasteiger partial charge is 0.255 e. The first kappa shape index (κ1) is 18.6. The zero-order valence-corrected chi connectivity index (χ0v) is 14.9. The lowest BCUT2D eigenvalue weighted by Crippen LogP contribution is -2.22. The Balaban J connectivity index is 2.09. The SMILES string of the molecule is CC(=O)Nc1ccc(C(=O)Nc2ccc(S(=O)(=O)N(C)C)cc2)cc1. The summed E-state index contributed by atoms with van der Waals surface area (Å²) in [5, 5.41) is 5.31. The topological polar surface area (TPSA) is 95.6 Å². The fourth-order valence-electron chi connectivity index (χ4n) is 2.03. The maximum atomic E-state index is 12.2. The molecule has 2 rings (SSSR count). The highest BCUT2D eigenvalue weighted by Crippen LogP contribution is 2.17. The van der Waals surface area contributed by atoms with Crippen molar-refractivity contribution in [1.82, 2.24) is 4.31 Å². The van der Waals surface area contributed by atoms with E-state index in [-0.39, 0.29) is 16.7 Å². The van der Waals surface area contributed by atoms with Crippen LogP contribution in [-0.2, 0) is 14.8 Å². The van der Waals surface area contributed by atoms with Gasteiger partial charge in [-0.25, -0.2) is 12.7 Å². The van der Waals surface area contributed by atoms with Crippen LogP contribution >= 0.6 is 0 Å². The number of benzene rings is 2. The molecule has 2 aromatic carbocycles. The fourth-order valence-corrected chi connectivity index (χ4v) is 2.93. The molecule has 0 aliphatic carbocycles. The molecule has 0 aromatic heterocycles. The van der Waals surface area contributed by atoms with Crippen LogP contribution < -0.4 is 10.6 Å².